The second-order valence-corrected chi connectivity index (χ2v) is 3.15. The van der Waals surface area contributed by atoms with Gasteiger partial charge in [-0.05, 0) is 0 Å². The summed E-state index contributed by atoms with van der Waals surface area (Å²) in [4.78, 5) is 0. The Kier molecular flexibility index (Phi) is 8.22. The molecule has 0 radical (unpaired) electrons. The number of methoxy groups -OCH3 is 2. The van der Waals surface area contributed by atoms with Gasteiger partial charge >= 0.3 is 0 Å². The van der Waals surface area contributed by atoms with E-state index in [1.54, 1.807) is 13.2 Å². The first kappa shape index (κ1) is 14.3. The van der Waals surface area contributed by atoms with Crippen LogP contribution in [0.15, 0.2) is 25.3 Å². The fraction of sp³-hybridized carbons (Fsp3) is 0.636. The summed E-state index contributed by atoms with van der Waals surface area (Å²) in [6, 6.07) is 0. The minimum atomic E-state index is -0.731. The molecule has 0 heterocycles. The Balaban J connectivity index is 4.19. The molecule has 0 saturated carbocycles. The molecular formula is C11H21NO3. The summed E-state index contributed by atoms with van der Waals surface area (Å²) in [7, 11) is 3.12. The van der Waals surface area contributed by atoms with Gasteiger partial charge in [-0.15, -0.1) is 13.2 Å². The van der Waals surface area contributed by atoms with Gasteiger partial charge in [0.05, 0.1) is 6.10 Å². The van der Waals surface area contributed by atoms with Gasteiger partial charge in [-0.1, -0.05) is 12.2 Å². The monoisotopic (exact) mass is 215 g/mol. The highest BCUT2D eigenvalue weighted by Gasteiger charge is 2.26. The molecule has 0 aromatic rings. The predicted molar refractivity (Wildman–Crippen MR) is 60.9 cm³/mol. The second kappa shape index (κ2) is 8.61. The third kappa shape index (κ3) is 5.09. The van der Waals surface area contributed by atoms with E-state index in [0.29, 0.717) is 13.1 Å². The Bertz CT molecular complexity index is 185. The molecule has 0 aliphatic rings. The Hall–Kier alpha value is -0.680. The normalized spacial score (nSPS) is 16.7. The zero-order valence-electron chi connectivity index (χ0n) is 9.48. The predicted octanol–water partition coefficient (Wildman–Crippen LogP) is 0.339. The smallest absolute Gasteiger partial charge is 0.114 e. The lowest BCUT2D eigenvalue weighted by atomic mass is 10.1. The number of aliphatic hydroxyl groups is 1. The van der Waals surface area contributed by atoms with Crippen LogP contribution in [-0.2, 0) is 9.47 Å². The van der Waals surface area contributed by atoms with Crippen LogP contribution in [0.4, 0.5) is 0 Å². The first-order valence-electron chi connectivity index (χ1n) is 4.89. The molecule has 0 spiro atoms. The molecule has 0 aliphatic carbocycles. The fourth-order valence-electron chi connectivity index (χ4n) is 1.31. The molecule has 0 bridgehead atoms. The molecule has 0 aromatic carbocycles. The van der Waals surface area contributed by atoms with Crippen LogP contribution in [0.1, 0.15) is 0 Å². The summed E-state index contributed by atoms with van der Waals surface area (Å²) in [5, 5.41) is 12.7. The molecule has 3 atom stereocenters. The molecule has 0 unspecified atom stereocenters. The van der Waals surface area contributed by atoms with E-state index in [1.807, 2.05) is 0 Å². The molecule has 4 nitrogen and oxygen atoms in total. The average molecular weight is 215 g/mol. The van der Waals surface area contributed by atoms with Gasteiger partial charge in [0.25, 0.3) is 0 Å². The zero-order chi connectivity index (χ0) is 11.7. The zero-order valence-corrected chi connectivity index (χ0v) is 9.48. The Morgan fingerprint density at radius 2 is 2.00 bits per heavy atom. The van der Waals surface area contributed by atoms with Gasteiger partial charge in [0.15, 0.2) is 0 Å². The van der Waals surface area contributed by atoms with Crippen LogP contribution in [0, 0.1) is 0 Å². The number of nitrogens with one attached hydrogen (secondary N) is 1. The number of hydrogen-bond donors (Lipinski definition) is 2. The highest BCUT2D eigenvalue weighted by molar-refractivity contribution is 4.90. The van der Waals surface area contributed by atoms with Crippen molar-refractivity contribution in [1.82, 2.24) is 5.32 Å². The van der Waals surface area contributed by atoms with Crippen molar-refractivity contribution in [3.63, 3.8) is 0 Å². The van der Waals surface area contributed by atoms with Crippen molar-refractivity contribution in [2.75, 3.05) is 27.3 Å². The van der Waals surface area contributed by atoms with Crippen molar-refractivity contribution in [2.24, 2.45) is 0 Å². The van der Waals surface area contributed by atoms with Crippen LogP contribution >= 0.6 is 0 Å². The average Bonchev–Trinajstić information content (AvgIpc) is 2.27. The second-order valence-electron chi connectivity index (χ2n) is 3.15. The molecule has 0 fully saturated rings. The van der Waals surface area contributed by atoms with Gasteiger partial charge in [-0.3, -0.25) is 0 Å². The van der Waals surface area contributed by atoms with Crippen LogP contribution in [0.25, 0.3) is 0 Å². The van der Waals surface area contributed by atoms with E-state index in [1.165, 1.54) is 13.2 Å². The van der Waals surface area contributed by atoms with Gasteiger partial charge in [-0.2, -0.15) is 0 Å². The van der Waals surface area contributed by atoms with Crippen LogP contribution in [-0.4, -0.2) is 50.7 Å². The third-order valence-corrected chi connectivity index (χ3v) is 2.15. The summed E-state index contributed by atoms with van der Waals surface area (Å²) in [5.74, 6) is 0. The number of rotatable bonds is 9. The maximum absolute atomic E-state index is 9.60. The van der Waals surface area contributed by atoms with E-state index in [4.69, 9.17) is 9.47 Å². The highest BCUT2D eigenvalue weighted by Crippen LogP contribution is 2.08. The minimum Gasteiger partial charge on any atom is -0.386 e. The SMILES string of the molecule is C=CCNC[C@H](OC)[C@@H](OC)[C@H](O)C=C. The maximum atomic E-state index is 9.60. The van der Waals surface area contributed by atoms with Crippen molar-refractivity contribution in [3.8, 4) is 0 Å². The fourth-order valence-corrected chi connectivity index (χ4v) is 1.31. The molecule has 0 aromatic heterocycles. The van der Waals surface area contributed by atoms with E-state index in [9.17, 15) is 5.11 Å². The molecule has 2 N–H and O–H groups in total. The van der Waals surface area contributed by atoms with Gasteiger partial charge < -0.3 is 19.9 Å². The summed E-state index contributed by atoms with van der Waals surface area (Å²) in [6.07, 6.45) is 1.84. The first-order valence-corrected chi connectivity index (χ1v) is 4.89. The Labute approximate surface area is 91.6 Å². The van der Waals surface area contributed by atoms with Gasteiger partial charge in [0, 0.05) is 27.3 Å². The Morgan fingerprint density at radius 3 is 2.40 bits per heavy atom. The minimum absolute atomic E-state index is 0.219. The standard InChI is InChI=1S/C11H21NO3/c1-5-7-12-8-10(14-3)11(15-4)9(13)6-2/h5-6,9-13H,1-2,7-8H2,3-4H3/t9-,10+,11+/m1/s1. The lowest BCUT2D eigenvalue weighted by Crippen LogP contribution is -2.45. The van der Waals surface area contributed by atoms with E-state index >= 15 is 0 Å². The van der Waals surface area contributed by atoms with Gasteiger partial charge in [0.2, 0.25) is 0 Å². The van der Waals surface area contributed by atoms with Crippen LogP contribution in [0.5, 0.6) is 0 Å². The highest BCUT2D eigenvalue weighted by atomic mass is 16.5. The summed E-state index contributed by atoms with van der Waals surface area (Å²) in [5.41, 5.74) is 0. The summed E-state index contributed by atoms with van der Waals surface area (Å²) >= 11 is 0. The molecular weight excluding hydrogens is 194 g/mol. The maximum Gasteiger partial charge on any atom is 0.114 e. The van der Waals surface area contributed by atoms with E-state index < -0.39 is 12.2 Å². The number of ether oxygens (including phenoxy) is 2. The van der Waals surface area contributed by atoms with Crippen LogP contribution in [0.2, 0.25) is 0 Å². The lowest BCUT2D eigenvalue weighted by molar-refractivity contribution is -0.0793. The molecule has 15 heavy (non-hydrogen) atoms. The van der Waals surface area contributed by atoms with E-state index in [-0.39, 0.29) is 6.10 Å². The number of aliphatic hydroxyl groups excluding tert-OH is 1. The van der Waals surface area contributed by atoms with Crippen molar-refractivity contribution < 1.29 is 14.6 Å². The lowest BCUT2D eigenvalue weighted by Gasteiger charge is -2.27. The molecule has 0 saturated heterocycles. The molecule has 0 aliphatic heterocycles. The van der Waals surface area contributed by atoms with Gasteiger partial charge in [0.1, 0.15) is 12.2 Å². The van der Waals surface area contributed by atoms with Crippen LogP contribution in [0.3, 0.4) is 0 Å². The first-order chi connectivity index (χ1) is 7.21. The van der Waals surface area contributed by atoms with E-state index in [2.05, 4.69) is 18.5 Å². The van der Waals surface area contributed by atoms with Crippen molar-refractivity contribution in [1.29, 1.82) is 0 Å². The molecule has 0 rings (SSSR count). The summed E-state index contributed by atoms with van der Waals surface area (Å²) < 4.78 is 10.4. The van der Waals surface area contributed by atoms with Gasteiger partial charge in [-0.25, -0.2) is 0 Å². The molecule has 4 heteroatoms. The van der Waals surface area contributed by atoms with Crippen LogP contribution < -0.4 is 5.32 Å². The largest absolute Gasteiger partial charge is 0.386 e. The quantitative estimate of drug-likeness (QED) is 0.430. The summed E-state index contributed by atoms with van der Waals surface area (Å²) in [6.45, 7) is 8.40. The number of hydrogen-bond acceptors (Lipinski definition) is 4. The van der Waals surface area contributed by atoms with E-state index in [0.717, 1.165) is 0 Å². The Morgan fingerprint density at radius 1 is 1.33 bits per heavy atom. The van der Waals surface area contributed by atoms with Crippen molar-refractivity contribution in [3.05, 3.63) is 25.3 Å². The third-order valence-electron chi connectivity index (χ3n) is 2.15. The molecule has 0 amide bonds. The topological polar surface area (TPSA) is 50.7 Å². The molecule has 88 valence electrons. The van der Waals surface area contributed by atoms with Crippen molar-refractivity contribution >= 4 is 0 Å². The van der Waals surface area contributed by atoms with Crippen molar-refractivity contribution in [2.45, 2.75) is 18.3 Å².